The second kappa shape index (κ2) is 6.32. The molecule has 3 heterocycles. The molecule has 8 nitrogen and oxygen atoms in total. The number of para-hydroxylation sites is 2. The van der Waals surface area contributed by atoms with Crippen molar-refractivity contribution in [3.8, 4) is 5.75 Å². The van der Waals surface area contributed by atoms with E-state index in [0.29, 0.717) is 24.8 Å². The molecule has 1 aliphatic heterocycles. The van der Waals surface area contributed by atoms with Gasteiger partial charge in [0.1, 0.15) is 11.3 Å². The Hall–Kier alpha value is -2.87. The van der Waals surface area contributed by atoms with Gasteiger partial charge in [0.05, 0.1) is 32.3 Å². The van der Waals surface area contributed by atoms with Crippen LogP contribution in [0.3, 0.4) is 0 Å². The van der Waals surface area contributed by atoms with Crippen LogP contribution in [0.1, 0.15) is 0 Å². The third-order valence-electron chi connectivity index (χ3n) is 3.93. The summed E-state index contributed by atoms with van der Waals surface area (Å²) in [6.45, 7) is 2.96. The van der Waals surface area contributed by atoms with Gasteiger partial charge in [0.2, 0.25) is 5.95 Å². The lowest BCUT2D eigenvalue weighted by molar-refractivity contribution is 0.122. The van der Waals surface area contributed by atoms with Gasteiger partial charge < -0.3 is 24.7 Å². The van der Waals surface area contributed by atoms with Crippen molar-refractivity contribution in [3.05, 3.63) is 30.6 Å². The number of anilines is 3. The Bertz CT molecular complexity index is 843. The number of ether oxygens (including phenoxy) is 2. The van der Waals surface area contributed by atoms with Gasteiger partial charge in [0, 0.05) is 13.1 Å². The van der Waals surface area contributed by atoms with Crippen LogP contribution in [-0.2, 0) is 4.74 Å². The highest BCUT2D eigenvalue weighted by Crippen LogP contribution is 2.28. The van der Waals surface area contributed by atoms with Crippen molar-refractivity contribution in [2.45, 2.75) is 0 Å². The van der Waals surface area contributed by atoms with Crippen LogP contribution in [0.4, 0.5) is 17.5 Å². The molecule has 2 aromatic heterocycles. The summed E-state index contributed by atoms with van der Waals surface area (Å²) in [6.07, 6.45) is 1.64. The Morgan fingerprint density at radius 1 is 1.21 bits per heavy atom. The highest BCUT2D eigenvalue weighted by molar-refractivity contribution is 5.85. The van der Waals surface area contributed by atoms with E-state index in [0.717, 1.165) is 35.9 Å². The lowest BCUT2D eigenvalue weighted by atomic mass is 10.3. The minimum atomic E-state index is 0.487. The van der Waals surface area contributed by atoms with Crippen LogP contribution in [0.5, 0.6) is 5.75 Å². The molecule has 1 aliphatic rings. The van der Waals surface area contributed by atoms with Crippen LogP contribution in [0.15, 0.2) is 30.6 Å². The lowest BCUT2D eigenvalue weighted by Gasteiger charge is -2.28. The number of hydrogen-bond acceptors (Lipinski definition) is 7. The van der Waals surface area contributed by atoms with Crippen LogP contribution in [0.25, 0.3) is 11.2 Å². The average Bonchev–Trinajstić information content (AvgIpc) is 3.11. The first-order chi connectivity index (χ1) is 11.8. The molecule has 0 spiro atoms. The molecule has 0 atom stereocenters. The maximum Gasteiger partial charge on any atom is 0.231 e. The summed E-state index contributed by atoms with van der Waals surface area (Å²) in [5, 5.41) is 3.23. The molecule has 0 amide bonds. The second-order valence-electron chi connectivity index (χ2n) is 5.40. The van der Waals surface area contributed by atoms with E-state index in [1.165, 1.54) is 0 Å². The van der Waals surface area contributed by atoms with Crippen LogP contribution < -0.4 is 15.0 Å². The van der Waals surface area contributed by atoms with Gasteiger partial charge in [-0.25, -0.2) is 4.98 Å². The monoisotopic (exact) mass is 326 g/mol. The summed E-state index contributed by atoms with van der Waals surface area (Å²) < 4.78 is 10.8. The van der Waals surface area contributed by atoms with E-state index in [9.17, 15) is 0 Å². The number of methoxy groups -OCH3 is 1. The van der Waals surface area contributed by atoms with Gasteiger partial charge in [0.15, 0.2) is 11.5 Å². The van der Waals surface area contributed by atoms with Crippen molar-refractivity contribution in [3.63, 3.8) is 0 Å². The van der Waals surface area contributed by atoms with Gasteiger partial charge in [-0.2, -0.15) is 9.97 Å². The summed E-state index contributed by atoms with van der Waals surface area (Å²) in [7, 11) is 1.64. The standard InChI is InChI=1S/C16H18N6O2/c1-23-12-5-3-2-4-11(12)19-16-20-14-13(17-10-18-14)15(21-16)22-6-8-24-9-7-22/h2-5,10H,6-9H2,1H3,(H2,17,18,19,20,21). The summed E-state index contributed by atoms with van der Waals surface area (Å²) in [4.78, 5) is 18.8. The highest BCUT2D eigenvalue weighted by atomic mass is 16.5. The van der Waals surface area contributed by atoms with Gasteiger partial charge in [-0.1, -0.05) is 12.1 Å². The Labute approximate surface area is 138 Å². The molecule has 1 fully saturated rings. The zero-order chi connectivity index (χ0) is 16.4. The predicted molar refractivity (Wildman–Crippen MR) is 91.0 cm³/mol. The average molecular weight is 326 g/mol. The van der Waals surface area contributed by atoms with Crippen LogP contribution in [-0.4, -0.2) is 53.3 Å². The second-order valence-corrected chi connectivity index (χ2v) is 5.40. The molecule has 2 N–H and O–H groups in total. The number of imidazole rings is 1. The van der Waals surface area contributed by atoms with Crippen molar-refractivity contribution >= 4 is 28.6 Å². The van der Waals surface area contributed by atoms with Crippen molar-refractivity contribution in [1.82, 2.24) is 19.9 Å². The van der Waals surface area contributed by atoms with Crippen LogP contribution in [0.2, 0.25) is 0 Å². The fourth-order valence-electron chi connectivity index (χ4n) is 2.75. The van der Waals surface area contributed by atoms with E-state index >= 15 is 0 Å². The fourth-order valence-corrected chi connectivity index (χ4v) is 2.75. The third-order valence-corrected chi connectivity index (χ3v) is 3.93. The SMILES string of the molecule is COc1ccccc1Nc1nc(N2CCOCC2)c2[nH]cnc2n1. The van der Waals surface area contributed by atoms with E-state index in [4.69, 9.17) is 9.47 Å². The topological polar surface area (TPSA) is 88.2 Å². The number of aromatic amines is 1. The molecular weight excluding hydrogens is 308 g/mol. The molecule has 1 aromatic carbocycles. The van der Waals surface area contributed by atoms with Crippen molar-refractivity contribution < 1.29 is 9.47 Å². The summed E-state index contributed by atoms with van der Waals surface area (Å²) >= 11 is 0. The normalized spacial score (nSPS) is 14.8. The van der Waals surface area contributed by atoms with Crippen molar-refractivity contribution in [1.29, 1.82) is 0 Å². The third kappa shape index (κ3) is 2.71. The Balaban J connectivity index is 1.73. The summed E-state index contributed by atoms with van der Waals surface area (Å²) in [5.74, 6) is 2.05. The van der Waals surface area contributed by atoms with Gasteiger partial charge in [-0.05, 0) is 12.1 Å². The van der Waals surface area contributed by atoms with E-state index in [-0.39, 0.29) is 0 Å². The fraction of sp³-hybridized carbons (Fsp3) is 0.312. The van der Waals surface area contributed by atoms with E-state index in [1.54, 1.807) is 13.4 Å². The van der Waals surface area contributed by atoms with E-state index in [2.05, 4.69) is 30.2 Å². The molecular formula is C16H18N6O2. The van der Waals surface area contributed by atoms with Gasteiger partial charge in [-0.3, -0.25) is 0 Å². The molecule has 1 saturated heterocycles. The Kier molecular flexibility index (Phi) is 3.87. The van der Waals surface area contributed by atoms with Crippen LogP contribution >= 0.6 is 0 Å². The van der Waals surface area contributed by atoms with Gasteiger partial charge in [0.25, 0.3) is 0 Å². The number of aromatic nitrogens is 4. The number of fused-ring (bicyclic) bond motifs is 1. The smallest absolute Gasteiger partial charge is 0.231 e. The minimum Gasteiger partial charge on any atom is -0.495 e. The van der Waals surface area contributed by atoms with Gasteiger partial charge in [-0.15, -0.1) is 0 Å². The molecule has 24 heavy (non-hydrogen) atoms. The minimum absolute atomic E-state index is 0.487. The van der Waals surface area contributed by atoms with Crippen LogP contribution in [0, 0.1) is 0 Å². The molecule has 3 aromatic rings. The first kappa shape index (κ1) is 14.7. The molecule has 0 saturated carbocycles. The maximum absolute atomic E-state index is 5.43. The lowest BCUT2D eigenvalue weighted by Crippen LogP contribution is -2.37. The number of benzene rings is 1. The largest absolute Gasteiger partial charge is 0.495 e. The molecule has 124 valence electrons. The van der Waals surface area contributed by atoms with E-state index < -0.39 is 0 Å². The first-order valence-corrected chi connectivity index (χ1v) is 7.79. The Morgan fingerprint density at radius 3 is 2.88 bits per heavy atom. The summed E-state index contributed by atoms with van der Waals surface area (Å²) in [5.41, 5.74) is 2.27. The highest BCUT2D eigenvalue weighted by Gasteiger charge is 2.19. The number of nitrogens with one attached hydrogen (secondary N) is 2. The molecule has 0 aliphatic carbocycles. The van der Waals surface area contributed by atoms with Gasteiger partial charge >= 0.3 is 0 Å². The number of hydrogen-bond donors (Lipinski definition) is 2. The zero-order valence-electron chi connectivity index (χ0n) is 13.3. The van der Waals surface area contributed by atoms with Crippen molar-refractivity contribution in [2.75, 3.05) is 43.6 Å². The zero-order valence-corrected chi connectivity index (χ0v) is 13.3. The number of H-pyrrole nitrogens is 1. The molecule has 0 unspecified atom stereocenters. The first-order valence-electron chi connectivity index (χ1n) is 7.79. The number of rotatable bonds is 4. The molecule has 4 rings (SSSR count). The summed E-state index contributed by atoms with van der Waals surface area (Å²) in [6, 6.07) is 7.66. The molecule has 0 radical (unpaired) electrons. The maximum atomic E-state index is 5.43. The number of morpholine rings is 1. The van der Waals surface area contributed by atoms with Crippen molar-refractivity contribution in [2.24, 2.45) is 0 Å². The molecule has 8 heteroatoms. The quantitative estimate of drug-likeness (QED) is 0.757. The van der Waals surface area contributed by atoms with E-state index in [1.807, 2.05) is 24.3 Å². The number of nitrogens with zero attached hydrogens (tertiary/aromatic N) is 4. The predicted octanol–water partition coefficient (Wildman–Crippen LogP) is 1.94. The Morgan fingerprint density at radius 2 is 2.04 bits per heavy atom. The molecule has 0 bridgehead atoms.